The Kier molecular flexibility index (Phi) is 7.96. The number of carboxylic acids is 1. The van der Waals surface area contributed by atoms with Crippen LogP contribution in [0.2, 0.25) is 0 Å². The van der Waals surface area contributed by atoms with Gasteiger partial charge in [0.1, 0.15) is 12.1 Å². The second-order valence-corrected chi connectivity index (χ2v) is 4.23. The molecule has 4 N–H and O–H groups in total. The van der Waals surface area contributed by atoms with Crippen molar-refractivity contribution in [2.75, 3.05) is 25.7 Å². The summed E-state index contributed by atoms with van der Waals surface area (Å²) in [6.07, 6.45) is 2.25. The van der Waals surface area contributed by atoms with Crippen LogP contribution in [0.3, 0.4) is 0 Å². The summed E-state index contributed by atoms with van der Waals surface area (Å²) >= 11 is 1.52. The first-order chi connectivity index (χ1) is 7.52. The standard InChI is InChI=1S/C9H18N2O4S/c1-15-5-6(10)8(12)11-7(9(13)14)3-4-16-2/h6-7H,3-5,10H2,1-2H3,(H,11,12)(H,13,14)/t6?,7-/m1/s1. The van der Waals surface area contributed by atoms with Crippen molar-refractivity contribution in [2.45, 2.75) is 18.5 Å². The second kappa shape index (κ2) is 8.37. The number of carbonyl (C=O) groups excluding carboxylic acids is 1. The molecule has 0 bridgehead atoms. The number of hydrogen-bond donors (Lipinski definition) is 3. The van der Waals surface area contributed by atoms with Crippen LogP contribution in [0.4, 0.5) is 0 Å². The molecule has 1 unspecified atom stereocenters. The summed E-state index contributed by atoms with van der Waals surface area (Å²) in [6.45, 7) is 0.0701. The maximum absolute atomic E-state index is 11.4. The summed E-state index contributed by atoms with van der Waals surface area (Å²) in [5.41, 5.74) is 5.47. The number of ether oxygens (including phenoxy) is 1. The van der Waals surface area contributed by atoms with Crippen LogP contribution in [0, 0.1) is 0 Å². The van der Waals surface area contributed by atoms with Crippen molar-refractivity contribution in [3.63, 3.8) is 0 Å². The van der Waals surface area contributed by atoms with Crippen molar-refractivity contribution < 1.29 is 19.4 Å². The quantitative estimate of drug-likeness (QED) is 0.525. The normalized spacial score (nSPS) is 14.2. The van der Waals surface area contributed by atoms with Crippen LogP contribution in [0.25, 0.3) is 0 Å². The molecule has 16 heavy (non-hydrogen) atoms. The minimum Gasteiger partial charge on any atom is -0.480 e. The fourth-order valence-corrected chi connectivity index (χ4v) is 1.50. The molecule has 6 nitrogen and oxygen atoms in total. The number of carboxylic acid groups (broad SMARTS) is 1. The van der Waals surface area contributed by atoms with Gasteiger partial charge < -0.3 is 20.9 Å². The number of aliphatic carboxylic acids is 1. The Morgan fingerprint density at radius 2 is 2.19 bits per heavy atom. The van der Waals surface area contributed by atoms with E-state index in [2.05, 4.69) is 5.32 Å². The van der Waals surface area contributed by atoms with Gasteiger partial charge >= 0.3 is 5.97 Å². The zero-order chi connectivity index (χ0) is 12.6. The van der Waals surface area contributed by atoms with E-state index in [1.807, 2.05) is 6.26 Å². The molecule has 0 saturated heterocycles. The molecule has 0 aliphatic carbocycles. The van der Waals surface area contributed by atoms with Crippen LogP contribution in [-0.4, -0.2) is 54.8 Å². The number of carbonyl (C=O) groups is 2. The molecular weight excluding hydrogens is 232 g/mol. The Bertz CT molecular complexity index is 238. The molecule has 0 aliphatic heterocycles. The van der Waals surface area contributed by atoms with Crippen molar-refractivity contribution in [3.8, 4) is 0 Å². The average molecular weight is 250 g/mol. The summed E-state index contributed by atoms with van der Waals surface area (Å²) in [5.74, 6) is -0.890. The van der Waals surface area contributed by atoms with E-state index >= 15 is 0 Å². The molecule has 0 aromatic heterocycles. The zero-order valence-corrected chi connectivity index (χ0v) is 10.3. The fraction of sp³-hybridized carbons (Fsp3) is 0.778. The van der Waals surface area contributed by atoms with Gasteiger partial charge in [-0.2, -0.15) is 11.8 Å². The molecule has 0 radical (unpaired) electrons. The predicted octanol–water partition coefficient (Wildman–Crippen LogP) is -0.717. The van der Waals surface area contributed by atoms with Crippen molar-refractivity contribution in [2.24, 2.45) is 5.73 Å². The number of thioether (sulfide) groups is 1. The molecule has 1 amide bonds. The number of amides is 1. The third kappa shape index (κ3) is 5.94. The van der Waals surface area contributed by atoms with Gasteiger partial charge in [-0.3, -0.25) is 4.79 Å². The number of methoxy groups -OCH3 is 1. The van der Waals surface area contributed by atoms with Crippen molar-refractivity contribution in [1.82, 2.24) is 5.32 Å². The zero-order valence-electron chi connectivity index (χ0n) is 9.43. The first kappa shape index (κ1) is 15.2. The minimum atomic E-state index is -1.05. The van der Waals surface area contributed by atoms with E-state index in [1.165, 1.54) is 18.9 Å². The van der Waals surface area contributed by atoms with E-state index in [-0.39, 0.29) is 6.61 Å². The highest BCUT2D eigenvalue weighted by atomic mass is 32.2. The van der Waals surface area contributed by atoms with Crippen molar-refractivity contribution in [3.05, 3.63) is 0 Å². The number of rotatable bonds is 8. The Balaban J connectivity index is 4.17. The lowest BCUT2D eigenvalue weighted by Gasteiger charge is -2.16. The molecule has 0 aromatic rings. The van der Waals surface area contributed by atoms with Gasteiger partial charge in [-0.25, -0.2) is 4.79 Å². The van der Waals surface area contributed by atoms with Gasteiger partial charge in [0.15, 0.2) is 0 Å². The first-order valence-corrected chi connectivity index (χ1v) is 6.19. The van der Waals surface area contributed by atoms with Crippen LogP contribution in [-0.2, 0) is 14.3 Å². The average Bonchev–Trinajstić information content (AvgIpc) is 2.23. The Morgan fingerprint density at radius 3 is 2.62 bits per heavy atom. The molecule has 0 aliphatic rings. The molecule has 0 saturated carbocycles. The van der Waals surface area contributed by atoms with Gasteiger partial charge in [0.25, 0.3) is 0 Å². The van der Waals surface area contributed by atoms with Crippen LogP contribution in [0.5, 0.6) is 0 Å². The minimum absolute atomic E-state index is 0.0701. The Hall–Kier alpha value is -0.790. The number of nitrogens with one attached hydrogen (secondary N) is 1. The topological polar surface area (TPSA) is 102 Å². The van der Waals surface area contributed by atoms with Gasteiger partial charge in [-0.1, -0.05) is 0 Å². The summed E-state index contributed by atoms with van der Waals surface area (Å²) in [5, 5.41) is 11.2. The molecular formula is C9H18N2O4S. The van der Waals surface area contributed by atoms with Crippen LogP contribution in [0.15, 0.2) is 0 Å². The van der Waals surface area contributed by atoms with Crippen LogP contribution in [0.1, 0.15) is 6.42 Å². The van der Waals surface area contributed by atoms with E-state index in [1.54, 1.807) is 0 Å². The molecule has 0 heterocycles. The number of nitrogens with two attached hydrogens (primary N) is 1. The highest BCUT2D eigenvalue weighted by Gasteiger charge is 2.22. The lowest BCUT2D eigenvalue weighted by atomic mass is 10.2. The third-order valence-electron chi connectivity index (χ3n) is 1.91. The van der Waals surface area contributed by atoms with Gasteiger partial charge in [0.2, 0.25) is 5.91 Å². The molecule has 0 spiro atoms. The lowest BCUT2D eigenvalue weighted by molar-refractivity contribution is -0.142. The Labute approximate surface area is 98.9 Å². The predicted molar refractivity (Wildman–Crippen MR) is 62.4 cm³/mol. The maximum Gasteiger partial charge on any atom is 0.326 e. The van der Waals surface area contributed by atoms with E-state index in [0.29, 0.717) is 12.2 Å². The number of hydrogen-bond acceptors (Lipinski definition) is 5. The van der Waals surface area contributed by atoms with E-state index in [0.717, 1.165) is 0 Å². The smallest absolute Gasteiger partial charge is 0.326 e. The highest BCUT2D eigenvalue weighted by molar-refractivity contribution is 7.98. The fourth-order valence-electron chi connectivity index (χ4n) is 1.03. The molecule has 7 heteroatoms. The summed E-state index contributed by atoms with van der Waals surface area (Å²) in [6, 6.07) is -1.72. The molecule has 2 atom stereocenters. The van der Waals surface area contributed by atoms with Crippen molar-refractivity contribution >= 4 is 23.6 Å². The van der Waals surface area contributed by atoms with Gasteiger partial charge in [0, 0.05) is 7.11 Å². The van der Waals surface area contributed by atoms with Gasteiger partial charge in [-0.05, 0) is 18.4 Å². The van der Waals surface area contributed by atoms with Crippen LogP contribution >= 0.6 is 11.8 Å². The third-order valence-corrected chi connectivity index (χ3v) is 2.55. The molecule has 0 aromatic carbocycles. The molecule has 94 valence electrons. The molecule has 0 fully saturated rings. The second-order valence-electron chi connectivity index (χ2n) is 3.24. The Morgan fingerprint density at radius 1 is 1.56 bits per heavy atom. The van der Waals surface area contributed by atoms with Crippen molar-refractivity contribution in [1.29, 1.82) is 0 Å². The summed E-state index contributed by atoms with van der Waals surface area (Å²) in [7, 11) is 1.43. The summed E-state index contributed by atoms with van der Waals surface area (Å²) in [4.78, 5) is 22.2. The van der Waals surface area contributed by atoms with Gasteiger partial charge in [0.05, 0.1) is 6.61 Å². The lowest BCUT2D eigenvalue weighted by Crippen LogP contribution is -2.50. The van der Waals surface area contributed by atoms with E-state index in [4.69, 9.17) is 15.6 Å². The highest BCUT2D eigenvalue weighted by Crippen LogP contribution is 2.01. The van der Waals surface area contributed by atoms with E-state index < -0.39 is 24.0 Å². The largest absolute Gasteiger partial charge is 0.480 e. The monoisotopic (exact) mass is 250 g/mol. The molecule has 0 rings (SSSR count). The maximum atomic E-state index is 11.4. The van der Waals surface area contributed by atoms with Gasteiger partial charge in [-0.15, -0.1) is 0 Å². The van der Waals surface area contributed by atoms with E-state index in [9.17, 15) is 9.59 Å². The summed E-state index contributed by atoms with van der Waals surface area (Å²) < 4.78 is 4.71. The SMILES string of the molecule is COCC(N)C(=O)N[C@H](CCSC)C(=O)O. The first-order valence-electron chi connectivity index (χ1n) is 4.79. The van der Waals surface area contributed by atoms with Crippen LogP contribution < -0.4 is 11.1 Å².